The summed E-state index contributed by atoms with van der Waals surface area (Å²) in [6, 6.07) is 17.5. The second-order valence-electron chi connectivity index (χ2n) is 7.74. The van der Waals surface area contributed by atoms with Crippen molar-refractivity contribution < 1.29 is 13.9 Å². The van der Waals surface area contributed by atoms with E-state index in [0.717, 1.165) is 55.1 Å². The molecule has 4 rings (SSSR count). The Kier molecular flexibility index (Phi) is 7.40. The highest BCUT2D eigenvalue weighted by atomic mass is 19.1. The topological polar surface area (TPSA) is 60.6 Å². The van der Waals surface area contributed by atoms with Gasteiger partial charge in [-0.15, -0.1) is 0 Å². The zero-order valence-corrected chi connectivity index (χ0v) is 18.1. The third-order valence-corrected chi connectivity index (χ3v) is 5.60. The molecule has 6 nitrogen and oxygen atoms in total. The molecule has 7 heteroatoms. The molecular weight excluding hydrogens is 407 g/mol. The maximum Gasteiger partial charge on any atom is 0.267 e. The molecule has 1 saturated heterocycles. The SMILES string of the molecule is O=C(NC/C=C/CN1CCN(c2ccccc2OCCF)CC1)c1cc2ccccc2[nH]1. The van der Waals surface area contributed by atoms with E-state index in [4.69, 9.17) is 4.74 Å². The molecule has 3 aromatic rings. The molecule has 0 radical (unpaired) electrons. The van der Waals surface area contributed by atoms with Crippen molar-refractivity contribution in [3.8, 4) is 5.75 Å². The van der Waals surface area contributed by atoms with Gasteiger partial charge in [0, 0.05) is 50.2 Å². The summed E-state index contributed by atoms with van der Waals surface area (Å²) in [6.45, 7) is 4.58. The predicted octanol–water partition coefficient (Wildman–Crippen LogP) is 3.62. The molecule has 168 valence electrons. The van der Waals surface area contributed by atoms with Crippen molar-refractivity contribution in [1.82, 2.24) is 15.2 Å². The Hall–Kier alpha value is -3.32. The number of anilines is 1. The van der Waals surface area contributed by atoms with Crippen molar-refractivity contribution in [2.75, 3.05) is 57.4 Å². The van der Waals surface area contributed by atoms with Gasteiger partial charge in [0.05, 0.1) is 5.69 Å². The quantitative estimate of drug-likeness (QED) is 0.503. The standard InChI is InChI=1S/C25H29FN4O2/c26-11-18-32-24-10-4-3-9-23(24)30-16-14-29(15-17-30)13-6-5-12-27-25(31)22-19-20-7-1-2-8-21(20)28-22/h1-10,19,28H,11-18H2,(H,27,31)/b6-5+. The van der Waals surface area contributed by atoms with Crippen molar-refractivity contribution in [2.24, 2.45) is 0 Å². The number of rotatable bonds is 9. The monoisotopic (exact) mass is 436 g/mol. The number of aromatic amines is 1. The average molecular weight is 437 g/mol. The number of benzene rings is 2. The highest BCUT2D eigenvalue weighted by molar-refractivity contribution is 5.98. The first kappa shape index (κ1) is 21.9. The first-order valence-corrected chi connectivity index (χ1v) is 11.0. The minimum atomic E-state index is -0.489. The summed E-state index contributed by atoms with van der Waals surface area (Å²) >= 11 is 0. The van der Waals surface area contributed by atoms with E-state index in [-0.39, 0.29) is 12.5 Å². The minimum Gasteiger partial charge on any atom is -0.489 e. The number of aromatic nitrogens is 1. The third kappa shape index (κ3) is 5.48. The number of piperazine rings is 1. The summed E-state index contributed by atoms with van der Waals surface area (Å²) in [5.41, 5.74) is 2.56. The van der Waals surface area contributed by atoms with Gasteiger partial charge in [0.25, 0.3) is 5.91 Å². The van der Waals surface area contributed by atoms with Gasteiger partial charge in [0.2, 0.25) is 0 Å². The van der Waals surface area contributed by atoms with Crippen LogP contribution in [0.25, 0.3) is 10.9 Å². The highest BCUT2D eigenvalue weighted by Gasteiger charge is 2.19. The van der Waals surface area contributed by atoms with Crippen molar-refractivity contribution >= 4 is 22.5 Å². The number of hydrogen-bond acceptors (Lipinski definition) is 4. The van der Waals surface area contributed by atoms with Crippen molar-refractivity contribution in [2.45, 2.75) is 0 Å². The lowest BCUT2D eigenvalue weighted by molar-refractivity contribution is 0.0954. The molecule has 0 unspecified atom stereocenters. The lowest BCUT2D eigenvalue weighted by Crippen LogP contribution is -2.46. The molecule has 2 heterocycles. The van der Waals surface area contributed by atoms with Crippen LogP contribution >= 0.6 is 0 Å². The molecule has 0 aliphatic carbocycles. The smallest absolute Gasteiger partial charge is 0.267 e. The van der Waals surface area contributed by atoms with E-state index in [1.54, 1.807) is 0 Å². The van der Waals surface area contributed by atoms with E-state index in [2.05, 4.69) is 26.2 Å². The fraction of sp³-hybridized carbons (Fsp3) is 0.320. The molecule has 0 saturated carbocycles. The van der Waals surface area contributed by atoms with Crippen LogP contribution in [0.3, 0.4) is 0 Å². The molecule has 32 heavy (non-hydrogen) atoms. The van der Waals surface area contributed by atoms with E-state index >= 15 is 0 Å². The van der Waals surface area contributed by atoms with Crippen LogP contribution in [0.5, 0.6) is 5.75 Å². The van der Waals surface area contributed by atoms with E-state index in [1.165, 1.54) is 0 Å². The molecule has 0 spiro atoms. The Bertz CT molecular complexity index is 1020. The maximum absolute atomic E-state index is 12.5. The van der Waals surface area contributed by atoms with Gasteiger partial charge in [-0.3, -0.25) is 9.69 Å². The number of ether oxygens (including phenoxy) is 1. The second kappa shape index (κ2) is 10.8. The Labute approximate surface area is 187 Å². The third-order valence-electron chi connectivity index (χ3n) is 5.60. The van der Waals surface area contributed by atoms with Crippen LogP contribution in [0.15, 0.2) is 66.7 Å². The first-order valence-electron chi connectivity index (χ1n) is 11.0. The number of carbonyl (C=O) groups is 1. The van der Waals surface area contributed by atoms with Gasteiger partial charge in [0.1, 0.15) is 24.7 Å². The van der Waals surface area contributed by atoms with Crippen LogP contribution in [0, 0.1) is 0 Å². The van der Waals surface area contributed by atoms with E-state index in [0.29, 0.717) is 12.2 Å². The molecule has 1 fully saturated rings. The summed E-state index contributed by atoms with van der Waals surface area (Å²) in [5, 5.41) is 3.96. The molecule has 1 aliphatic rings. The summed E-state index contributed by atoms with van der Waals surface area (Å²) in [6.07, 6.45) is 4.09. The van der Waals surface area contributed by atoms with Gasteiger partial charge in [-0.25, -0.2) is 4.39 Å². The second-order valence-corrected chi connectivity index (χ2v) is 7.74. The molecule has 0 atom stereocenters. The normalized spacial score (nSPS) is 14.8. The van der Waals surface area contributed by atoms with E-state index in [1.807, 2.05) is 60.7 Å². The Morgan fingerprint density at radius 2 is 1.84 bits per heavy atom. The highest BCUT2D eigenvalue weighted by Crippen LogP contribution is 2.28. The molecule has 1 aromatic heterocycles. The molecule has 0 bridgehead atoms. The number of hydrogen-bond donors (Lipinski definition) is 2. The van der Waals surface area contributed by atoms with Gasteiger partial charge in [0.15, 0.2) is 0 Å². The average Bonchev–Trinajstić information content (AvgIpc) is 3.28. The summed E-state index contributed by atoms with van der Waals surface area (Å²) < 4.78 is 18.0. The molecule has 2 N–H and O–H groups in total. The lowest BCUT2D eigenvalue weighted by atomic mass is 10.2. The van der Waals surface area contributed by atoms with E-state index < -0.39 is 6.67 Å². The van der Waals surface area contributed by atoms with Gasteiger partial charge in [-0.2, -0.15) is 0 Å². The van der Waals surface area contributed by atoms with Crippen molar-refractivity contribution in [3.05, 3.63) is 72.4 Å². The van der Waals surface area contributed by atoms with Crippen molar-refractivity contribution in [1.29, 1.82) is 0 Å². The fourth-order valence-corrected chi connectivity index (χ4v) is 3.91. The molecule has 2 aromatic carbocycles. The van der Waals surface area contributed by atoms with Crippen LogP contribution < -0.4 is 15.0 Å². The number of fused-ring (bicyclic) bond motifs is 1. The van der Waals surface area contributed by atoms with E-state index in [9.17, 15) is 9.18 Å². The first-order chi connectivity index (χ1) is 15.7. The Morgan fingerprint density at radius 3 is 2.66 bits per heavy atom. The molecule has 1 amide bonds. The van der Waals surface area contributed by atoms with Gasteiger partial charge in [-0.05, 0) is 24.3 Å². The number of H-pyrrole nitrogens is 1. The van der Waals surface area contributed by atoms with Crippen LogP contribution in [-0.4, -0.2) is 68.3 Å². The summed E-state index contributed by atoms with van der Waals surface area (Å²) in [5.74, 6) is 0.636. The van der Waals surface area contributed by atoms with Crippen LogP contribution in [0.4, 0.5) is 10.1 Å². The number of para-hydroxylation sites is 3. The number of nitrogens with one attached hydrogen (secondary N) is 2. The molecular formula is C25H29FN4O2. The summed E-state index contributed by atoms with van der Waals surface area (Å²) in [4.78, 5) is 20.1. The van der Waals surface area contributed by atoms with Gasteiger partial charge >= 0.3 is 0 Å². The van der Waals surface area contributed by atoms with Crippen LogP contribution in [0.1, 0.15) is 10.5 Å². The maximum atomic E-state index is 12.5. The zero-order valence-electron chi connectivity index (χ0n) is 18.1. The number of alkyl halides is 1. The number of carbonyl (C=O) groups excluding carboxylic acids is 1. The number of nitrogens with zero attached hydrogens (tertiary/aromatic N) is 2. The van der Waals surface area contributed by atoms with Crippen LogP contribution in [-0.2, 0) is 0 Å². The molecule has 1 aliphatic heterocycles. The lowest BCUT2D eigenvalue weighted by Gasteiger charge is -2.36. The zero-order chi connectivity index (χ0) is 22.2. The fourth-order valence-electron chi connectivity index (χ4n) is 3.91. The number of amides is 1. The largest absolute Gasteiger partial charge is 0.489 e. The predicted molar refractivity (Wildman–Crippen MR) is 126 cm³/mol. The van der Waals surface area contributed by atoms with Crippen molar-refractivity contribution in [3.63, 3.8) is 0 Å². The van der Waals surface area contributed by atoms with Gasteiger partial charge in [-0.1, -0.05) is 42.5 Å². The Morgan fingerprint density at radius 1 is 1.06 bits per heavy atom. The number of halogens is 1. The minimum absolute atomic E-state index is 0.0819. The van der Waals surface area contributed by atoms with Gasteiger partial charge < -0.3 is 19.9 Å². The van der Waals surface area contributed by atoms with Crippen LogP contribution in [0.2, 0.25) is 0 Å². The Balaban J connectivity index is 1.19. The summed E-state index contributed by atoms with van der Waals surface area (Å²) in [7, 11) is 0.